The molecule has 0 aromatic carbocycles. The van der Waals surface area contributed by atoms with Crippen molar-refractivity contribution in [2.45, 2.75) is 103 Å². The third-order valence-electron chi connectivity index (χ3n) is 6.48. The predicted octanol–water partition coefficient (Wildman–Crippen LogP) is 0.183. The van der Waals surface area contributed by atoms with Gasteiger partial charge in [0.25, 0.3) is 0 Å². The van der Waals surface area contributed by atoms with Gasteiger partial charge in [-0.25, -0.2) is 4.68 Å². The highest BCUT2D eigenvalue weighted by molar-refractivity contribution is 6.18. The van der Waals surface area contributed by atoms with Crippen molar-refractivity contribution in [3.05, 3.63) is 11.9 Å². The molecule has 3 rings (SSSR count). The Kier molecular flexibility index (Phi) is 13.3. The van der Waals surface area contributed by atoms with Gasteiger partial charge < -0.3 is 42.6 Å². The fourth-order valence-corrected chi connectivity index (χ4v) is 5.20. The topological polar surface area (TPSA) is 199 Å². The minimum Gasteiger partial charge on any atom is -0.463 e. The van der Waals surface area contributed by atoms with Crippen LogP contribution in [0.5, 0.6) is 0 Å². The number of hydrogen-bond acceptors (Lipinski definition) is 16. The zero-order valence-corrected chi connectivity index (χ0v) is 26.6. The van der Waals surface area contributed by atoms with Crippen molar-refractivity contribution >= 4 is 41.4 Å². The van der Waals surface area contributed by atoms with Gasteiger partial charge in [0.15, 0.2) is 18.3 Å². The van der Waals surface area contributed by atoms with E-state index in [-0.39, 0.29) is 32.8 Å². The van der Waals surface area contributed by atoms with Crippen LogP contribution in [0.3, 0.4) is 0 Å². The average Bonchev–Trinajstić information content (AvgIpc) is 3.51. The number of nitrogens with zero attached hydrogens (tertiary/aromatic N) is 3. The average molecular weight is 674 g/mol. The fourth-order valence-electron chi connectivity index (χ4n) is 4.92. The molecular formula is C28H36ClN3O14. The van der Waals surface area contributed by atoms with Crippen LogP contribution in [0, 0.1) is 12.3 Å². The molecule has 18 heteroatoms. The van der Waals surface area contributed by atoms with Gasteiger partial charge >= 0.3 is 29.8 Å². The van der Waals surface area contributed by atoms with Crippen LogP contribution >= 0.6 is 11.6 Å². The lowest BCUT2D eigenvalue weighted by atomic mass is 10.0. The van der Waals surface area contributed by atoms with E-state index in [1.807, 2.05) is 0 Å². The Morgan fingerprint density at radius 3 is 2.24 bits per heavy atom. The van der Waals surface area contributed by atoms with Gasteiger partial charge in [0.1, 0.15) is 31.1 Å². The maximum absolute atomic E-state index is 12.3. The molecule has 0 bridgehead atoms. The summed E-state index contributed by atoms with van der Waals surface area (Å²) in [6.45, 7) is 5.47. The second kappa shape index (κ2) is 16.7. The Hall–Kier alpha value is -3.82. The van der Waals surface area contributed by atoms with Crippen molar-refractivity contribution in [1.82, 2.24) is 15.0 Å². The van der Waals surface area contributed by atoms with E-state index in [1.165, 1.54) is 17.8 Å². The molecule has 0 radical (unpaired) electrons. The first-order chi connectivity index (χ1) is 21.8. The summed E-state index contributed by atoms with van der Waals surface area (Å²) in [7, 11) is 0. The van der Waals surface area contributed by atoms with Crippen LogP contribution in [0.4, 0.5) is 0 Å². The zero-order chi connectivity index (χ0) is 34.0. The maximum atomic E-state index is 12.3. The molecule has 2 aliphatic heterocycles. The van der Waals surface area contributed by atoms with Gasteiger partial charge in [-0.2, -0.15) is 0 Å². The number of carbonyl (C=O) groups excluding carboxylic acids is 5. The number of hydrogen-bond donors (Lipinski definition) is 0. The van der Waals surface area contributed by atoms with Crippen molar-refractivity contribution < 1.29 is 66.6 Å². The summed E-state index contributed by atoms with van der Waals surface area (Å²) < 4.78 is 52.3. The van der Waals surface area contributed by atoms with Gasteiger partial charge in [-0.3, -0.25) is 24.0 Å². The van der Waals surface area contributed by atoms with Gasteiger partial charge in [0.2, 0.25) is 12.1 Å². The Morgan fingerprint density at radius 2 is 1.65 bits per heavy atom. The number of halogens is 1. The van der Waals surface area contributed by atoms with Crippen LogP contribution in [0.15, 0.2) is 6.20 Å². The van der Waals surface area contributed by atoms with Crippen LogP contribution in [-0.2, 0) is 79.8 Å². The normalized spacial score (nSPS) is 28.8. The van der Waals surface area contributed by atoms with Crippen molar-refractivity contribution in [3.8, 4) is 12.3 Å². The van der Waals surface area contributed by atoms with Crippen LogP contribution < -0.4 is 0 Å². The second-order valence-electron chi connectivity index (χ2n) is 10.3. The van der Waals surface area contributed by atoms with Crippen LogP contribution in [0.2, 0.25) is 0 Å². The van der Waals surface area contributed by atoms with Gasteiger partial charge in [0, 0.05) is 41.0 Å². The highest BCUT2D eigenvalue weighted by Gasteiger charge is 2.62. The second-order valence-corrected chi connectivity index (χ2v) is 10.6. The van der Waals surface area contributed by atoms with E-state index in [0.29, 0.717) is 5.69 Å². The van der Waals surface area contributed by atoms with Crippen molar-refractivity contribution in [2.24, 2.45) is 0 Å². The third-order valence-corrected chi connectivity index (χ3v) is 6.86. The van der Waals surface area contributed by atoms with Crippen molar-refractivity contribution in [1.29, 1.82) is 0 Å². The summed E-state index contributed by atoms with van der Waals surface area (Å²) >= 11 is 6.45. The number of carbonyl (C=O) groups is 5. The molecule has 0 N–H and O–H groups in total. The Morgan fingerprint density at radius 1 is 1.00 bits per heavy atom. The predicted molar refractivity (Wildman–Crippen MR) is 150 cm³/mol. The van der Waals surface area contributed by atoms with E-state index in [9.17, 15) is 24.0 Å². The number of alkyl halides is 1. The van der Waals surface area contributed by atoms with Gasteiger partial charge in [-0.1, -0.05) is 11.1 Å². The SMILES string of the molecule is C#CCOCc1cn(C[C@H]2O[C@@](CCl)(O[C@H]3O[C@H](COC(C)=O)C[C@H](OC(C)=O)[C@H]3OC(C)=O)[C@@H](OC(C)=O)[C@@H]2OC(C)=O)nn1. The molecule has 3 heterocycles. The minimum atomic E-state index is -2.11. The largest absolute Gasteiger partial charge is 0.463 e. The quantitative estimate of drug-likeness (QED) is 0.0851. The molecule has 1 aromatic rings. The molecule has 17 nitrogen and oxygen atoms in total. The number of ether oxygens (including phenoxy) is 9. The van der Waals surface area contributed by atoms with Crippen LogP contribution in [0.1, 0.15) is 46.7 Å². The molecule has 0 amide bonds. The lowest BCUT2D eigenvalue weighted by Gasteiger charge is -2.43. The molecule has 1 aromatic heterocycles. The first kappa shape index (κ1) is 36.6. The molecule has 0 aliphatic carbocycles. The lowest BCUT2D eigenvalue weighted by molar-refractivity contribution is -0.360. The molecule has 2 saturated heterocycles. The van der Waals surface area contributed by atoms with E-state index in [1.54, 1.807) is 0 Å². The van der Waals surface area contributed by atoms with Crippen LogP contribution in [-0.4, -0.2) is 113 Å². The van der Waals surface area contributed by atoms with Crippen molar-refractivity contribution in [2.75, 3.05) is 19.1 Å². The first-order valence-corrected chi connectivity index (χ1v) is 14.6. The summed E-state index contributed by atoms with van der Waals surface area (Å²) in [5.74, 6) is -3.94. The van der Waals surface area contributed by atoms with E-state index in [0.717, 1.165) is 27.7 Å². The van der Waals surface area contributed by atoms with E-state index in [2.05, 4.69) is 16.2 Å². The summed E-state index contributed by atoms with van der Waals surface area (Å²) in [5, 5.41) is 8.04. The minimum absolute atomic E-state index is 0.0504. The number of rotatable bonds is 14. The summed E-state index contributed by atoms with van der Waals surface area (Å²) in [5.41, 5.74) is 0.434. The molecule has 254 valence electrons. The Balaban J connectivity index is 2.01. The van der Waals surface area contributed by atoms with Crippen LogP contribution in [0.25, 0.3) is 0 Å². The molecule has 0 saturated carbocycles. The van der Waals surface area contributed by atoms with Gasteiger partial charge in [-0.05, 0) is 0 Å². The molecule has 2 fully saturated rings. The molecule has 2 aliphatic rings. The first-order valence-electron chi connectivity index (χ1n) is 14.1. The smallest absolute Gasteiger partial charge is 0.303 e. The molecule has 0 spiro atoms. The monoisotopic (exact) mass is 673 g/mol. The summed E-state index contributed by atoms with van der Waals surface area (Å²) in [6, 6.07) is 0. The molecule has 8 atom stereocenters. The number of esters is 5. The molecule has 46 heavy (non-hydrogen) atoms. The Labute approximate surface area is 269 Å². The molecule has 0 unspecified atom stereocenters. The Bertz CT molecular complexity index is 1300. The zero-order valence-electron chi connectivity index (χ0n) is 25.9. The van der Waals surface area contributed by atoms with Crippen molar-refractivity contribution in [3.63, 3.8) is 0 Å². The van der Waals surface area contributed by atoms with E-state index < -0.39 is 84.4 Å². The lowest BCUT2D eigenvalue weighted by Crippen LogP contribution is -2.59. The number of aromatic nitrogens is 3. The van der Waals surface area contributed by atoms with Gasteiger partial charge in [-0.15, -0.1) is 23.1 Å². The summed E-state index contributed by atoms with van der Waals surface area (Å²) in [4.78, 5) is 60.2. The van der Waals surface area contributed by atoms with E-state index in [4.69, 9.17) is 60.7 Å². The summed E-state index contributed by atoms with van der Waals surface area (Å²) in [6.07, 6.45) is -2.25. The third kappa shape index (κ3) is 10.1. The van der Waals surface area contributed by atoms with Gasteiger partial charge in [0.05, 0.1) is 31.3 Å². The molecular weight excluding hydrogens is 638 g/mol. The maximum Gasteiger partial charge on any atom is 0.303 e. The highest BCUT2D eigenvalue weighted by atomic mass is 35.5. The number of terminal acetylenes is 1. The fraction of sp³-hybridized carbons (Fsp3) is 0.679. The highest BCUT2D eigenvalue weighted by Crippen LogP contribution is 2.41. The standard InChI is InChI=1S/C28H36ClN3O14/c1-7-8-38-12-20-10-32(31-30-20)11-23-24(41-17(4)35)26(43-19(6)37)28(14-29,45-23)46-27-25(42-18(5)36)22(40-16(3)34)9-21(44-27)13-39-15(2)33/h1,10,21-27H,8-9,11-14H2,2-6H3/t21-,22-,23+,24+,25+,26-,27+,28-/m0/s1. The van der Waals surface area contributed by atoms with E-state index >= 15 is 0 Å².